The first-order valence-corrected chi connectivity index (χ1v) is 6.12. The second-order valence-corrected chi connectivity index (χ2v) is 4.60. The van der Waals surface area contributed by atoms with Crippen molar-refractivity contribution < 1.29 is 13.2 Å². The van der Waals surface area contributed by atoms with E-state index >= 15 is 0 Å². The number of rotatable bonds is 5. The van der Waals surface area contributed by atoms with Crippen LogP contribution < -0.4 is 5.32 Å². The summed E-state index contributed by atoms with van der Waals surface area (Å²) in [4.78, 5) is 0. The summed E-state index contributed by atoms with van der Waals surface area (Å²) in [5, 5.41) is 10.9. The third kappa shape index (κ3) is 3.60. The van der Waals surface area contributed by atoms with Gasteiger partial charge in [-0.3, -0.25) is 9.36 Å². The van der Waals surface area contributed by atoms with E-state index in [4.69, 9.17) is 0 Å². The van der Waals surface area contributed by atoms with Gasteiger partial charge in [0, 0.05) is 26.3 Å². The van der Waals surface area contributed by atoms with Crippen LogP contribution in [0.25, 0.3) is 0 Å². The molecule has 2 aromatic rings. The zero-order valence-corrected chi connectivity index (χ0v) is 11.3. The number of alkyl halides is 3. The van der Waals surface area contributed by atoms with Crippen molar-refractivity contribution in [1.82, 2.24) is 24.9 Å². The molecule has 0 fully saturated rings. The van der Waals surface area contributed by atoms with E-state index in [1.807, 2.05) is 14.0 Å². The molecule has 0 aromatic carbocycles. The van der Waals surface area contributed by atoms with Crippen molar-refractivity contribution >= 4 is 0 Å². The molecule has 0 bridgehead atoms. The van der Waals surface area contributed by atoms with Crippen LogP contribution in [-0.4, -0.2) is 25.7 Å². The number of hydrogen-bond donors (Lipinski definition) is 1. The molecule has 110 valence electrons. The molecule has 0 amide bonds. The van der Waals surface area contributed by atoms with Crippen molar-refractivity contribution in [2.45, 2.75) is 32.7 Å². The van der Waals surface area contributed by atoms with Crippen LogP contribution in [0.15, 0.2) is 18.5 Å². The summed E-state index contributed by atoms with van der Waals surface area (Å²) >= 11 is 0. The van der Waals surface area contributed by atoms with Crippen molar-refractivity contribution in [3.63, 3.8) is 0 Å². The average molecular weight is 287 g/mol. The first-order chi connectivity index (χ1) is 9.37. The molecular formula is C12H16F3N5. The predicted octanol–water partition coefficient (Wildman–Crippen LogP) is 1.78. The molecule has 0 spiro atoms. The minimum absolute atomic E-state index is 0.320. The molecule has 0 radical (unpaired) electrons. The lowest BCUT2D eigenvalue weighted by molar-refractivity contribution is -0.143. The maximum Gasteiger partial charge on any atom is 0.408 e. The zero-order chi connectivity index (χ0) is 14.8. The van der Waals surface area contributed by atoms with Gasteiger partial charge in [0.1, 0.15) is 6.54 Å². The molecule has 20 heavy (non-hydrogen) atoms. The standard InChI is InChI=1S/C12H16F3N5/c1-9-5-18-19(2)11(9)7-16-6-10-3-4-17-20(10)8-12(13,14)15/h3-5,16H,6-8H2,1-2H3. The fraction of sp³-hybridized carbons (Fsp3) is 0.500. The third-order valence-corrected chi connectivity index (χ3v) is 3.00. The lowest BCUT2D eigenvalue weighted by atomic mass is 10.2. The Morgan fingerprint density at radius 3 is 2.60 bits per heavy atom. The van der Waals surface area contributed by atoms with Gasteiger partial charge in [-0.05, 0) is 18.6 Å². The summed E-state index contributed by atoms with van der Waals surface area (Å²) in [6.45, 7) is 1.74. The van der Waals surface area contributed by atoms with Gasteiger partial charge in [-0.2, -0.15) is 23.4 Å². The minimum atomic E-state index is -4.26. The van der Waals surface area contributed by atoms with Gasteiger partial charge in [0.15, 0.2) is 0 Å². The Labute approximate surface area is 114 Å². The monoisotopic (exact) mass is 287 g/mol. The Kier molecular flexibility index (Phi) is 4.12. The third-order valence-electron chi connectivity index (χ3n) is 3.00. The van der Waals surface area contributed by atoms with Gasteiger partial charge >= 0.3 is 6.18 Å². The quantitative estimate of drug-likeness (QED) is 0.912. The smallest absolute Gasteiger partial charge is 0.306 e. The lowest BCUT2D eigenvalue weighted by Crippen LogP contribution is -2.23. The number of hydrogen-bond acceptors (Lipinski definition) is 3. The van der Waals surface area contributed by atoms with Gasteiger partial charge in [-0.15, -0.1) is 0 Å². The van der Waals surface area contributed by atoms with E-state index in [1.165, 1.54) is 6.20 Å². The second-order valence-electron chi connectivity index (χ2n) is 4.60. The van der Waals surface area contributed by atoms with E-state index in [0.717, 1.165) is 15.9 Å². The molecule has 0 unspecified atom stereocenters. The largest absolute Gasteiger partial charge is 0.408 e. The molecule has 2 heterocycles. The van der Waals surface area contributed by atoms with Crippen molar-refractivity contribution in [2.75, 3.05) is 0 Å². The van der Waals surface area contributed by atoms with Crippen LogP contribution >= 0.6 is 0 Å². The molecule has 2 rings (SSSR count). The minimum Gasteiger partial charge on any atom is -0.306 e. The highest BCUT2D eigenvalue weighted by Crippen LogP contribution is 2.18. The summed E-state index contributed by atoms with van der Waals surface area (Å²) in [6, 6.07) is 1.58. The van der Waals surface area contributed by atoms with Gasteiger partial charge in [-0.1, -0.05) is 0 Å². The number of aryl methyl sites for hydroxylation is 2. The predicted molar refractivity (Wildman–Crippen MR) is 66.8 cm³/mol. The molecule has 0 aliphatic carbocycles. The number of halogens is 3. The van der Waals surface area contributed by atoms with Gasteiger partial charge in [0.2, 0.25) is 0 Å². The molecule has 0 saturated heterocycles. The Morgan fingerprint density at radius 2 is 2.00 bits per heavy atom. The normalized spacial score (nSPS) is 12.1. The summed E-state index contributed by atoms with van der Waals surface area (Å²) < 4.78 is 39.8. The van der Waals surface area contributed by atoms with E-state index in [0.29, 0.717) is 18.8 Å². The average Bonchev–Trinajstić information content (AvgIpc) is 2.88. The first kappa shape index (κ1) is 14.6. The highest BCUT2D eigenvalue weighted by molar-refractivity contribution is 5.15. The van der Waals surface area contributed by atoms with Gasteiger partial charge in [0.05, 0.1) is 17.6 Å². The maximum absolute atomic E-state index is 12.4. The van der Waals surface area contributed by atoms with E-state index in [-0.39, 0.29) is 0 Å². The summed E-state index contributed by atoms with van der Waals surface area (Å²) in [7, 11) is 1.83. The SMILES string of the molecule is Cc1cnn(C)c1CNCc1ccnn1CC(F)(F)F. The van der Waals surface area contributed by atoms with Crippen LogP contribution in [-0.2, 0) is 26.7 Å². The lowest BCUT2D eigenvalue weighted by Gasteiger charge is -2.11. The summed E-state index contributed by atoms with van der Waals surface area (Å²) in [5.41, 5.74) is 2.55. The molecule has 2 aromatic heterocycles. The molecule has 0 aliphatic rings. The fourth-order valence-corrected chi connectivity index (χ4v) is 1.96. The Hall–Kier alpha value is -1.83. The highest BCUT2D eigenvalue weighted by Gasteiger charge is 2.29. The second kappa shape index (κ2) is 5.66. The van der Waals surface area contributed by atoms with Crippen molar-refractivity contribution in [2.24, 2.45) is 7.05 Å². The van der Waals surface area contributed by atoms with Crippen LogP contribution in [0, 0.1) is 6.92 Å². The number of nitrogens with zero attached hydrogens (tertiary/aromatic N) is 4. The Morgan fingerprint density at radius 1 is 1.25 bits per heavy atom. The van der Waals surface area contributed by atoms with Crippen molar-refractivity contribution in [3.8, 4) is 0 Å². The zero-order valence-electron chi connectivity index (χ0n) is 11.3. The van der Waals surface area contributed by atoms with E-state index in [1.54, 1.807) is 16.9 Å². The highest BCUT2D eigenvalue weighted by atomic mass is 19.4. The number of nitrogens with one attached hydrogen (secondary N) is 1. The molecule has 8 heteroatoms. The van der Waals surface area contributed by atoms with Gasteiger partial charge < -0.3 is 5.32 Å². The molecule has 0 aliphatic heterocycles. The molecule has 5 nitrogen and oxygen atoms in total. The summed E-state index contributed by atoms with van der Waals surface area (Å²) in [6.07, 6.45) is -1.14. The Bertz CT molecular complexity index is 550. The molecule has 1 N–H and O–H groups in total. The number of aromatic nitrogens is 4. The first-order valence-electron chi connectivity index (χ1n) is 6.12. The van der Waals surface area contributed by atoms with Crippen LogP contribution in [0.5, 0.6) is 0 Å². The van der Waals surface area contributed by atoms with Crippen molar-refractivity contribution in [1.29, 1.82) is 0 Å². The van der Waals surface area contributed by atoms with Crippen LogP contribution in [0.4, 0.5) is 13.2 Å². The Balaban J connectivity index is 1.94. The molecule has 0 atom stereocenters. The van der Waals surface area contributed by atoms with E-state index < -0.39 is 12.7 Å². The molecular weight excluding hydrogens is 271 g/mol. The van der Waals surface area contributed by atoms with Crippen molar-refractivity contribution in [3.05, 3.63) is 35.4 Å². The topological polar surface area (TPSA) is 47.7 Å². The van der Waals surface area contributed by atoms with Gasteiger partial charge in [0.25, 0.3) is 0 Å². The molecule has 0 saturated carbocycles. The van der Waals surface area contributed by atoms with Crippen LogP contribution in [0.1, 0.15) is 17.0 Å². The summed E-state index contributed by atoms with van der Waals surface area (Å²) in [5.74, 6) is 0. The van der Waals surface area contributed by atoms with Gasteiger partial charge in [-0.25, -0.2) is 0 Å². The fourth-order valence-electron chi connectivity index (χ4n) is 1.96. The maximum atomic E-state index is 12.4. The van der Waals surface area contributed by atoms with E-state index in [2.05, 4.69) is 15.5 Å². The van der Waals surface area contributed by atoms with Crippen LogP contribution in [0.3, 0.4) is 0 Å². The van der Waals surface area contributed by atoms with Crippen LogP contribution in [0.2, 0.25) is 0 Å². The van der Waals surface area contributed by atoms with E-state index in [9.17, 15) is 13.2 Å².